The third-order valence-corrected chi connectivity index (χ3v) is 5.71. The molecule has 4 rings (SSSR count). The van der Waals surface area contributed by atoms with Crippen LogP contribution in [-0.4, -0.2) is 37.8 Å². The first-order valence-corrected chi connectivity index (χ1v) is 9.53. The summed E-state index contributed by atoms with van der Waals surface area (Å²) in [6.07, 6.45) is 6.83. The lowest BCUT2D eigenvalue weighted by Gasteiger charge is -2.40. The van der Waals surface area contributed by atoms with Crippen molar-refractivity contribution in [2.24, 2.45) is 4.99 Å². The Bertz CT molecular complexity index is 668. The number of ether oxygens (including phenoxy) is 2. The Balaban J connectivity index is 1.51. The van der Waals surface area contributed by atoms with Gasteiger partial charge in [-0.25, -0.2) is 4.39 Å². The van der Waals surface area contributed by atoms with E-state index in [0.29, 0.717) is 6.61 Å². The highest BCUT2D eigenvalue weighted by atomic mass is 19.1. The van der Waals surface area contributed by atoms with Gasteiger partial charge in [0, 0.05) is 37.7 Å². The Hall–Kier alpha value is -1.46. The lowest BCUT2D eigenvalue weighted by Crippen LogP contribution is -2.45. The predicted octanol–water partition coefficient (Wildman–Crippen LogP) is 4.55. The summed E-state index contributed by atoms with van der Waals surface area (Å²) in [5.41, 5.74) is 2.61. The Morgan fingerprint density at radius 1 is 1.32 bits per heavy atom. The van der Waals surface area contributed by atoms with Gasteiger partial charge in [-0.15, -0.1) is 0 Å². The fourth-order valence-electron chi connectivity index (χ4n) is 4.28. The van der Waals surface area contributed by atoms with E-state index >= 15 is 0 Å². The van der Waals surface area contributed by atoms with Crippen molar-refractivity contribution in [2.75, 3.05) is 24.6 Å². The van der Waals surface area contributed by atoms with Crippen LogP contribution in [0, 0.1) is 5.82 Å². The Morgan fingerprint density at radius 3 is 2.88 bits per heavy atom. The minimum atomic E-state index is -0.410. The Kier molecular flexibility index (Phi) is 4.54. The molecule has 2 fully saturated rings. The number of anilines is 1. The zero-order chi connectivity index (χ0) is 17.4. The first kappa shape index (κ1) is 17.0. The molecule has 0 aliphatic carbocycles. The number of hydrogen-bond acceptors (Lipinski definition) is 4. The molecule has 0 aromatic heterocycles. The lowest BCUT2D eigenvalue weighted by molar-refractivity contribution is -0.180. The average molecular weight is 346 g/mol. The molecule has 3 heterocycles. The number of fused-ring (bicyclic) bond motifs is 1. The smallest absolute Gasteiger partial charge is 0.172 e. The minimum Gasteiger partial charge on any atom is -0.369 e. The summed E-state index contributed by atoms with van der Waals surface area (Å²) in [4.78, 5) is 6.84. The van der Waals surface area contributed by atoms with Gasteiger partial charge in [-0.1, -0.05) is 20.3 Å². The van der Waals surface area contributed by atoms with Crippen LogP contribution in [0.5, 0.6) is 0 Å². The van der Waals surface area contributed by atoms with E-state index in [-0.39, 0.29) is 17.8 Å². The monoisotopic (exact) mass is 346 g/mol. The Morgan fingerprint density at radius 2 is 2.12 bits per heavy atom. The SMILES string of the molecule is CCCC1COC2(CCN(c3ccc(F)c4c3N=CCC4C)CC2)O1. The first-order valence-electron chi connectivity index (χ1n) is 9.53. The van der Waals surface area contributed by atoms with Crippen LogP contribution in [0.3, 0.4) is 0 Å². The van der Waals surface area contributed by atoms with Crippen LogP contribution in [-0.2, 0) is 9.47 Å². The van der Waals surface area contributed by atoms with Gasteiger partial charge in [0.1, 0.15) is 5.82 Å². The van der Waals surface area contributed by atoms with Gasteiger partial charge in [0.05, 0.1) is 24.1 Å². The standard InChI is InChI=1S/C20H27FN2O2/c1-3-4-15-13-24-20(25-15)8-11-23(12-9-20)17-6-5-16(21)18-14(2)7-10-22-19(17)18/h5-6,10,14-15H,3-4,7-9,11-13H2,1-2H3. The van der Waals surface area contributed by atoms with Crippen LogP contribution in [0.1, 0.15) is 57.4 Å². The second-order valence-corrected chi connectivity index (χ2v) is 7.51. The molecule has 4 nitrogen and oxygen atoms in total. The van der Waals surface area contributed by atoms with Gasteiger partial charge in [0.25, 0.3) is 0 Å². The van der Waals surface area contributed by atoms with E-state index in [1.807, 2.05) is 12.3 Å². The number of halogens is 1. The van der Waals surface area contributed by atoms with Crippen LogP contribution in [0.2, 0.25) is 0 Å². The molecule has 3 aliphatic rings. The largest absolute Gasteiger partial charge is 0.369 e. The summed E-state index contributed by atoms with van der Waals surface area (Å²) in [6.45, 7) is 6.65. The van der Waals surface area contributed by atoms with Crippen molar-refractivity contribution < 1.29 is 13.9 Å². The van der Waals surface area contributed by atoms with Crippen molar-refractivity contribution in [1.82, 2.24) is 0 Å². The van der Waals surface area contributed by atoms with Gasteiger partial charge < -0.3 is 14.4 Å². The van der Waals surface area contributed by atoms with E-state index in [2.05, 4.69) is 23.7 Å². The van der Waals surface area contributed by atoms with Crippen LogP contribution in [0.4, 0.5) is 15.8 Å². The number of piperidine rings is 1. The number of aliphatic imine (C=N–C) groups is 1. The van der Waals surface area contributed by atoms with Crippen LogP contribution < -0.4 is 4.90 Å². The molecule has 0 N–H and O–H groups in total. The number of hydrogen-bond donors (Lipinski definition) is 0. The molecule has 1 aromatic carbocycles. The molecule has 25 heavy (non-hydrogen) atoms. The second-order valence-electron chi connectivity index (χ2n) is 7.51. The summed E-state index contributed by atoms with van der Waals surface area (Å²) >= 11 is 0. The summed E-state index contributed by atoms with van der Waals surface area (Å²) in [5, 5.41) is 0. The highest BCUT2D eigenvalue weighted by Crippen LogP contribution is 2.44. The highest BCUT2D eigenvalue weighted by Gasteiger charge is 2.44. The molecule has 2 atom stereocenters. The van der Waals surface area contributed by atoms with Crippen molar-refractivity contribution >= 4 is 17.6 Å². The van der Waals surface area contributed by atoms with E-state index in [1.54, 1.807) is 6.07 Å². The van der Waals surface area contributed by atoms with Gasteiger partial charge in [0.15, 0.2) is 5.79 Å². The van der Waals surface area contributed by atoms with Crippen LogP contribution in [0.15, 0.2) is 17.1 Å². The third-order valence-electron chi connectivity index (χ3n) is 5.71. The topological polar surface area (TPSA) is 34.1 Å². The fraction of sp³-hybridized carbons (Fsp3) is 0.650. The molecular weight excluding hydrogens is 319 g/mol. The normalized spacial score (nSPS) is 27.7. The van der Waals surface area contributed by atoms with Gasteiger partial charge in [-0.2, -0.15) is 0 Å². The molecule has 2 saturated heterocycles. The quantitative estimate of drug-likeness (QED) is 0.805. The van der Waals surface area contributed by atoms with Crippen LogP contribution >= 0.6 is 0 Å². The number of nitrogens with zero attached hydrogens (tertiary/aromatic N) is 2. The van der Waals surface area contributed by atoms with Crippen molar-refractivity contribution in [3.05, 3.63) is 23.5 Å². The minimum absolute atomic E-state index is 0.138. The number of rotatable bonds is 3. The molecular formula is C20H27FN2O2. The molecule has 2 unspecified atom stereocenters. The molecule has 1 spiro atoms. The van der Waals surface area contributed by atoms with Gasteiger partial charge in [-0.3, -0.25) is 4.99 Å². The van der Waals surface area contributed by atoms with E-state index in [4.69, 9.17) is 9.47 Å². The third kappa shape index (κ3) is 3.08. The fourth-order valence-corrected chi connectivity index (χ4v) is 4.28. The van der Waals surface area contributed by atoms with E-state index < -0.39 is 5.79 Å². The maximum atomic E-state index is 14.3. The van der Waals surface area contributed by atoms with Gasteiger partial charge in [0.2, 0.25) is 0 Å². The molecule has 3 aliphatic heterocycles. The van der Waals surface area contributed by atoms with Crippen molar-refractivity contribution in [3.8, 4) is 0 Å². The maximum absolute atomic E-state index is 14.3. The zero-order valence-electron chi connectivity index (χ0n) is 15.1. The van der Waals surface area contributed by atoms with Crippen molar-refractivity contribution in [1.29, 1.82) is 0 Å². The average Bonchev–Trinajstić information content (AvgIpc) is 2.99. The van der Waals surface area contributed by atoms with E-state index in [1.165, 1.54) is 0 Å². The molecule has 0 saturated carbocycles. The van der Waals surface area contributed by atoms with Crippen molar-refractivity contribution in [2.45, 2.75) is 63.8 Å². The molecule has 0 radical (unpaired) electrons. The molecule has 5 heteroatoms. The van der Waals surface area contributed by atoms with Crippen LogP contribution in [0.25, 0.3) is 0 Å². The second kappa shape index (κ2) is 6.69. The lowest BCUT2D eigenvalue weighted by atomic mass is 9.92. The van der Waals surface area contributed by atoms with Crippen molar-refractivity contribution in [3.63, 3.8) is 0 Å². The highest BCUT2D eigenvalue weighted by molar-refractivity contribution is 5.80. The summed E-state index contributed by atoms with van der Waals surface area (Å²) in [7, 11) is 0. The maximum Gasteiger partial charge on any atom is 0.172 e. The van der Waals surface area contributed by atoms with E-state index in [0.717, 1.165) is 62.1 Å². The predicted molar refractivity (Wildman–Crippen MR) is 97.5 cm³/mol. The Labute approximate surface area is 149 Å². The molecule has 0 bridgehead atoms. The first-order chi connectivity index (χ1) is 12.1. The van der Waals surface area contributed by atoms with Gasteiger partial charge >= 0.3 is 0 Å². The summed E-state index contributed by atoms with van der Waals surface area (Å²) in [6, 6.07) is 3.47. The van der Waals surface area contributed by atoms with Gasteiger partial charge in [-0.05, 0) is 30.9 Å². The number of benzene rings is 1. The zero-order valence-corrected chi connectivity index (χ0v) is 15.1. The summed E-state index contributed by atoms with van der Waals surface area (Å²) < 4.78 is 26.6. The summed E-state index contributed by atoms with van der Waals surface area (Å²) in [5.74, 6) is -0.367. The molecule has 1 aromatic rings. The molecule has 0 amide bonds. The van der Waals surface area contributed by atoms with E-state index in [9.17, 15) is 4.39 Å². The molecule has 136 valence electrons.